The third kappa shape index (κ3) is 1.16. The first kappa shape index (κ1) is 0.708. The Kier molecular flexibility index (Phi) is 0.155. The summed E-state index contributed by atoms with van der Waals surface area (Å²) in [5.41, 5.74) is 0. The van der Waals surface area contributed by atoms with Gasteiger partial charge in [-0.2, -0.15) is 0 Å². The van der Waals surface area contributed by atoms with Gasteiger partial charge in [0.25, 0.3) is 5.97 Å². The molecule has 0 aliphatic carbocycles. The number of carbonyl (C=O) groups is 1. The van der Waals surface area contributed by atoms with E-state index in [1.54, 1.807) is 0 Å². The number of hydrogen-bond acceptors (Lipinski definition) is 1. The van der Waals surface area contributed by atoms with Crippen LogP contribution in [0.2, 0.25) is 0 Å². The Bertz CT molecular complexity index is 83.4. The van der Waals surface area contributed by atoms with E-state index in [9.17, 15) is 4.79 Å². The second kappa shape index (κ2) is 0.875. The highest BCUT2D eigenvalue weighted by molar-refractivity contribution is 5.62. The Balaban J connectivity index is 3.79. The molecule has 0 bridgehead atoms. The van der Waals surface area contributed by atoms with Crippen LogP contribution in [-0.2, 0) is 4.79 Å². The molecule has 0 atom stereocenters. The van der Waals surface area contributed by atoms with Crippen LogP contribution in [0.15, 0.2) is 0 Å². The van der Waals surface area contributed by atoms with Crippen LogP contribution in [0.5, 0.6) is 0 Å². The molecule has 1 N–H and O–H groups in total. The minimum Gasteiger partial charge on any atom is -0.481 e. The van der Waals surface area contributed by atoms with Gasteiger partial charge in [-0.25, -0.2) is 0 Å². The van der Waals surface area contributed by atoms with E-state index < -0.39 is 12.8 Å². The zero-order chi connectivity index (χ0) is 6.08. The van der Waals surface area contributed by atoms with Crippen molar-refractivity contribution in [3.05, 3.63) is 0 Å². The molecule has 0 amide bonds. The molecular weight excluding hydrogens is 56.0 g/mol. The van der Waals surface area contributed by atoms with Gasteiger partial charge in [-0.3, -0.25) is 4.79 Å². The quantitative estimate of drug-likeness (QED) is 0.432. The van der Waals surface area contributed by atoms with Gasteiger partial charge < -0.3 is 5.11 Å². The molecule has 0 aromatic carbocycles. The standard InChI is InChI=1S/C2H4O2/c1-2(3)4/h1H3,(H,3,4)/i1+0D3. The van der Waals surface area contributed by atoms with E-state index in [-0.39, 0.29) is 0 Å². The minimum atomic E-state index is -2.83. The third-order valence-electron chi connectivity index (χ3n) is 0. The van der Waals surface area contributed by atoms with Crippen molar-refractivity contribution in [2.24, 2.45) is 0 Å². The topological polar surface area (TPSA) is 37.3 Å². The number of carboxylic acid groups (broad SMARTS) is 1. The van der Waals surface area contributed by atoms with E-state index in [4.69, 9.17) is 9.22 Å². The summed E-state index contributed by atoms with van der Waals surface area (Å²) in [6.07, 6.45) is 0. The van der Waals surface area contributed by atoms with Gasteiger partial charge in [0.1, 0.15) is 0 Å². The molecule has 0 fully saturated rings. The molecule has 0 aromatic heterocycles. The zero-order valence-corrected chi connectivity index (χ0v) is 1.86. The van der Waals surface area contributed by atoms with Gasteiger partial charge in [0, 0.05) is 11.0 Å². The van der Waals surface area contributed by atoms with Crippen molar-refractivity contribution in [1.29, 1.82) is 0 Å². The molecule has 0 aliphatic heterocycles. The van der Waals surface area contributed by atoms with E-state index in [1.165, 1.54) is 0 Å². The van der Waals surface area contributed by atoms with Gasteiger partial charge in [0.05, 0.1) is 0 Å². The van der Waals surface area contributed by atoms with Crippen molar-refractivity contribution in [3.8, 4) is 0 Å². The average molecular weight is 63.1 g/mol. The molecule has 0 aliphatic rings. The molecule has 0 spiro atoms. The van der Waals surface area contributed by atoms with Crippen LogP contribution in [0.1, 0.15) is 11.0 Å². The van der Waals surface area contributed by atoms with Gasteiger partial charge in [-0.15, -0.1) is 0 Å². The fraction of sp³-hybridized carbons (Fsp3) is 0.500. The SMILES string of the molecule is [2H][12C]([2H])([2H])C(=O)O. The first-order valence-corrected chi connectivity index (χ1v) is 0.678. The summed E-state index contributed by atoms with van der Waals surface area (Å²) < 4.78 is 18.4. The lowest BCUT2D eigenvalue weighted by Gasteiger charge is -1.59. The molecule has 0 radical (unpaired) electrons. The lowest BCUT2D eigenvalue weighted by molar-refractivity contribution is -0.134. The summed E-state index contributed by atoms with van der Waals surface area (Å²) in [7, 11) is 0. The van der Waals surface area contributed by atoms with Crippen molar-refractivity contribution in [1.82, 2.24) is 0 Å². The Morgan fingerprint density at radius 3 is 2.75 bits per heavy atom. The van der Waals surface area contributed by atoms with E-state index in [1.807, 2.05) is 0 Å². The van der Waals surface area contributed by atoms with Gasteiger partial charge in [0.2, 0.25) is 0 Å². The van der Waals surface area contributed by atoms with E-state index in [0.29, 0.717) is 0 Å². The normalized spacial score (nSPS) is 20.5. The zero-order valence-electron chi connectivity index (χ0n) is 4.86. The molecule has 0 rings (SSSR count). The maximum atomic E-state index is 9.46. The Morgan fingerprint density at radius 2 is 2.75 bits per heavy atom. The second-order valence-corrected chi connectivity index (χ2v) is 0.305. The van der Waals surface area contributed by atoms with Gasteiger partial charge in [0.15, 0.2) is 0 Å². The van der Waals surface area contributed by atoms with E-state index in [0.717, 1.165) is 0 Å². The lowest BCUT2D eigenvalue weighted by Crippen LogP contribution is -1.78. The molecule has 0 saturated carbocycles. The molecule has 2 nitrogen and oxygen atoms in total. The molecule has 0 unspecified atom stereocenters. The highest BCUT2D eigenvalue weighted by Crippen LogP contribution is 1.42. The maximum absolute atomic E-state index is 9.46. The first-order valence-electron chi connectivity index (χ1n) is 2.18. The summed E-state index contributed by atoms with van der Waals surface area (Å²) >= 11 is 0. The molecule has 0 saturated heterocycles. The number of rotatable bonds is 0. The van der Waals surface area contributed by atoms with Gasteiger partial charge in [-0.1, -0.05) is 0 Å². The van der Waals surface area contributed by atoms with Crippen molar-refractivity contribution in [2.45, 2.75) is 6.85 Å². The number of carboxylic acids is 1. The molecular formula is C2H4O2. The minimum absolute atomic E-state index is 1.76. The van der Waals surface area contributed by atoms with Crippen LogP contribution in [-0.4, -0.2) is 11.1 Å². The lowest BCUT2D eigenvalue weighted by atomic mass is 10.9. The summed E-state index contributed by atoms with van der Waals surface area (Å²) in [5, 5.41) is 7.69. The highest BCUT2D eigenvalue weighted by Gasteiger charge is 1.65. The second-order valence-electron chi connectivity index (χ2n) is 0.305. The van der Waals surface area contributed by atoms with Crippen LogP contribution in [0, 0.1) is 0 Å². The van der Waals surface area contributed by atoms with Crippen molar-refractivity contribution in [3.63, 3.8) is 0 Å². The fourth-order valence-electron chi connectivity index (χ4n) is 0. The summed E-state index contributed by atoms with van der Waals surface area (Å²) in [6.45, 7) is -2.83. The van der Waals surface area contributed by atoms with E-state index in [2.05, 4.69) is 0 Å². The van der Waals surface area contributed by atoms with Crippen LogP contribution in [0.4, 0.5) is 0 Å². The van der Waals surface area contributed by atoms with Crippen molar-refractivity contribution < 1.29 is 14.0 Å². The van der Waals surface area contributed by atoms with Gasteiger partial charge in [-0.05, 0) is 0 Å². The van der Waals surface area contributed by atoms with Gasteiger partial charge >= 0.3 is 0 Å². The smallest absolute Gasteiger partial charge is 0.300 e. The predicted molar refractivity (Wildman–Crippen MR) is 13.3 cm³/mol. The molecule has 0 heterocycles. The van der Waals surface area contributed by atoms with Crippen LogP contribution in [0.25, 0.3) is 0 Å². The van der Waals surface area contributed by atoms with Crippen molar-refractivity contribution in [2.75, 3.05) is 0 Å². The summed E-state index contributed by atoms with van der Waals surface area (Å²) in [4.78, 5) is 9.46. The largest absolute Gasteiger partial charge is 0.481 e. The van der Waals surface area contributed by atoms with Crippen LogP contribution >= 0.6 is 0 Å². The van der Waals surface area contributed by atoms with E-state index >= 15 is 0 Å². The Hall–Kier alpha value is -0.530. The number of hydrogen-bond donors (Lipinski definition) is 1. The molecule has 24 valence electrons. The fourth-order valence-corrected chi connectivity index (χ4v) is 0. The average Bonchev–Trinajstić information content (AvgIpc) is 1.31. The Morgan fingerprint density at radius 1 is 2.50 bits per heavy atom. The van der Waals surface area contributed by atoms with Crippen molar-refractivity contribution >= 4 is 5.97 Å². The van der Waals surface area contributed by atoms with Crippen LogP contribution < -0.4 is 0 Å². The highest BCUT2D eigenvalue weighted by atomic mass is 16.4. The maximum Gasteiger partial charge on any atom is 0.300 e. The van der Waals surface area contributed by atoms with Crippen LogP contribution in [0.3, 0.4) is 0 Å². The summed E-state index contributed by atoms with van der Waals surface area (Å²) in [6, 6.07) is 0. The summed E-state index contributed by atoms with van der Waals surface area (Å²) in [5.74, 6) is -1.76. The first-order chi connectivity index (χ1) is 2.94. The predicted octanol–water partition coefficient (Wildman–Crippen LogP) is 0.0909. The third-order valence-corrected chi connectivity index (χ3v) is 0. The Labute approximate surface area is 28.3 Å². The molecule has 4 heavy (non-hydrogen) atoms. The molecule has 2 heteroatoms. The monoisotopic (exact) mass is 63.0 g/mol. The molecule has 0 aromatic rings. The number of aliphatic carboxylic acids is 1.